The first-order chi connectivity index (χ1) is 10.2. The number of likely N-dealkylation sites (N-methyl/N-ethyl adjacent to an activating group) is 1. The number of nitrogens with one attached hydrogen (secondary N) is 1. The molecule has 21 heavy (non-hydrogen) atoms. The lowest BCUT2D eigenvalue weighted by Gasteiger charge is -2.25. The third-order valence-corrected chi connectivity index (χ3v) is 4.51. The molecule has 2 aromatic carbocycles. The normalized spacial score (nSPS) is 16.0. The SMILES string of the molecule is CNC(CN1Cc2ccccc2C1)c1cc(C)ccc1C. The quantitative estimate of drug-likeness (QED) is 0.921. The molecule has 1 unspecified atom stereocenters. The smallest absolute Gasteiger partial charge is 0.0449 e. The molecule has 0 saturated heterocycles. The van der Waals surface area contributed by atoms with Crippen LogP contribution in [0.3, 0.4) is 0 Å². The van der Waals surface area contributed by atoms with Gasteiger partial charge in [0.15, 0.2) is 0 Å². The Bertz CT molecular complexity index is 608. The van der Waals surface area contributed by atoms with Crippen molar-refractivity contribution in [3.05, 3.63) is 70.3 Å². The lowest BCUT2D eigenvalue weighted by molar-refractivity contribution is 0.253. The Kier molecular flexibility index (Phi) is 4.09. The van der Waals surface area contributed by atoms with Crippen LogP contribution in [0.2, 0.25) is 0 Å². The Hall–Kier alpha value is -1.64. The molecule has 1 heterocycles. The molecule has 1 aliphatic heterocycles. The summed E-state index contributed by atoms with van der Waals surface area (Å²) in [5.41, 5.74) is 7.09. The van der Waals surface area contributed by atoms with Crippen LogP contribution in [0.15, 0.2) is 42.5 Å². The van der Waals surface area contributed by atoms with Gasteiger partial charge < -0.3 is 5.32 Å². The Morgan fingerprint density at radius 1 is 1.05 bits per heavy atom. The molecule has 0 aliphatic carbocycles. The average Bonchev–Trinajstić information content (AvgIpc) is 2.90. The first-order valence-electron chi connectivity index (χ1n) is 7.71. The summed E-state index contributed by atoms with van der Waals surface area (Å²) in [4.78, 5) is 2.54. The van der Waals surface area contributed by atoms with Crippen molar-refractivity contribution in [1.29, 1.82) is 0 Å². The lowest BCUT2D eigenvalue weighted by Crippen LogP contribution is -2.31. The summed E-state index contributed by atoms with van der Waals surface area (Å²) in [6.45, 7) is 7.56. The fraction of sp³-hybridized carbons (Fsp3) is 0.368. The van der Waals surface area contributed by atoms with Gasteiger partial charge >= 0.3 is 0 Å². The molecular weight excluding hydrogens is 256 g/mol. The Morgan fingerprint density at radius 2 is 1.71 bits per heavy atom. The lowest BCUT2D eigenvalue weighted by atomic mass is 9.98. The second-order valence-electron chi connectivity index (χ2n) is 6.14. The summed E-state index contributed by atoms with van der Waals surface area (Å²) in [7, 11) is 2.07. The fourth-order valence-electron chi connectivity index (χ4n) is 3.27. The molecule has 0 spiro atoms. The van der Waals surface area contributed by atoms with E-state index in [2.05, 4.69) is 73.6 Å². The summed E-state index contributed by atoms with van der Waals surface area (Å²) >= 11 is 0. The third-order valence-electron chi connectivity index (χ3n) is 4.51. The summed E-state index contributed by atoms with van der Waals surface area (Å²) in [6, 6.07) is 15.9. The molecule has 2 heteroatoms. The van der Waals surface area contributed by atoms with Crippen molar-refractivity contribution in [2.75, 3.05) is 13.6 Å². The van der Waals surface area contributed by atoms with Crippen LogP contribution in [0.25, 0.3) is 0 Å². The van der Waals surface area contributed by atoms with Crippen LogP contribution in [0.1, 0.15) is 33.9 Å². The molecule has 0 bridgehead atoms. The minimum Gasteiger partial charge on any atom is -0.312 e. The van der Waals surface area contributed by atoms with Gasteiger partial charge in [-0.1, -0.05) is 48.0 Å². The first-order valence-corrected chi connectivity index (χ1v) is 7.71. The zero-order chi connectivity index (χ0) is 14.8. The molecule has 0 aromatic heterocycles. The largest absolute Gasteiger partial charge is 0.312 e. The molecule has 1 aliphatic rings. The zero-order valence-electron chi connectivity index (χ0n) is 13.2. The minimum absolute atomic E-state index is 0.388. The molecule has 2 nitrogen and oxygen atoms in total. The second kappa shape index (κ2) is 6.00. The monoisotopic (exact) mass is 280 g/mol. The minimum atomic E-state index is 0.388. The number of fused-ring (bicyclic) bond motifs is 1. The van der Waals surface area contributed by atoms with Gasteiger partial charge in [-0.2, -0.15) is 0 Å². The van der Waals surface area contributed by atoms with Gasteiger partial charge in [-0.25, -0.2) is 0 Å². The molecule has 0 radical (unpaired) electrons. The molecule has 110 valence electrons. The highest BCUT2D eigenvalue weighted by atomic mass is 15.2. The van der Waals surface area contributed by atoms with Crippen molar-refractivity contribution >= 4 is 0 Å². The molecule has 0 saturated carbocycles. The van der Waals surface area contributed by atoms with Crippen LogP contribution < -0.4 is 5.32 Å². The van der Waals surface area contributed by atoms with Crippen molar-refractivity contribution in [1.82, 2.24) is 10.2 Å². The maximum Gasteiger partial charge on any atom is 0.0449 e. The van der Waals surface area contributed by atoms with Crippen molar-refractivity contribution in [3.63, 3.8) is 0 Å². The number of hydrogen-bond acceptors (Lipinski definition) is 2. The Labute approximate surface area is 127 Å². The van der Waals surface area contributed by atoms with Crippen molar-refractivity contribution in [2.24, 2.45) is 0 Å². The molecule has 3 rings (SSSR count). The van der Waals surface area contributed by atoms with Gasteiger partial charge in [-0.3, -0.25) is 4.90 Å². The summed E-state index contributed by atoms with van der Waals surface area (Å²) in [5, 5.41) is 3.50. The maximum atomic E-state index is 3.50. The van der Waals surface area contributed by atoms with E-state index in [9.17, 15) is 0 Å². The molecule has 0 fully saturated rings. The number of nitrogens with zero attached hydrogens (tertiary/aromatic N) is 1. The topological polar surface area (TPSA) is 15.3 Å². The highest BCUT2D eigenvalue weighted by Gasteiger charge is 2.22. The third kappa shape index (κ3) is 3.02. The molecule has 2 aromatic rings. The second-order valence-corrected chi connectivity index (χ2v) is 6.14. The van der Waals surface area contributed by atoms with Crippen molar-refractivity contribution in [3.8, 4) is 0 Å². The predicted octanol–water partition coefficient (Wildman–Crippen LogP) is 3.58. The van der Waals surface area contributed by atoms with Crippen LogP contribution in [-0.4, -0.2) is 18.5 Å². The summed E-state index contributed by atoms with van der Waals surface area (Å²) in [5.74, 6) is 0. The van der Waals surface area contributed by atoms with Gasteiger partial charge in [0.1, 0.15) is 0 Å². The average molecular weight is 280 g/mol. The van der Waals surface area contributed by atoms with Crippen LogP contribution in [0.4, 0.5) is 0 Å². The van der Waals surface area contributed by atoms with Crippen LogP contribution in [0, 0.1) is 13.8 Å². The molecular formula is C19H24N2. The van der Waals surface area contributed by atoms with Crippen molar-refractivity contribution in [2.45, 2.75) is 33.0 Å². The van der Waals surface area contributed by atoms with Gasteiger partial charge in [0.25, 0.3) is 0 Å². The van der Waals surface area contributed by atoms with Gasteiger partial charge in [0.05, 0.1) is 0 Å². The molecule has 0 amide bonds. The van der Waals surface area contributed by atoms with Crippen LogP contribution >= 0.6 is 0 Å². The molecule has 1 N–H and O–H groups in total. The van der Waals surface area contributed by atoms with E-state index >= 15 is 0 Å². The molecule has 1 atom stereocenters. The van der Waals surface area contributed by atoms with Crippen LogP contribution in [-0.2, 0) is 13.1 Å². The zero-order valence-corrected chi connectivity index (χ0v) is 13.2. The number of benzene rings is 2. The standard InChI is InChI=1S/C19H24N2/c1-14-8-9-15(2)18(10-14)19(20-3)13-21-11-16-6-4-5-7-17(16)12-21/h4-10,19-20H,11-13H2,1-3H3. The van der Waals surface area contributed by atoms with Gasteiger partial charge in [0, 0.05) is 25.7 Å². The van der Waals surface area contributed by atoms with E-state index in [0.717, 1.165) is 19.6 Å². The van der Waals surface area contributed by atoms with Crippen molar-refractivity contribution < 1.29 is 0 Å². The number of rotatable bonds is 4. The van der Waals surface area contributed by atoms with E-state index in [-0.39, 0.29) is 0 Å². The number of aryl methyl sites for hydroxylation is 2. The maximum absolute atomic E-state index is 3.50. The highest BCUT2D eigenvalue weighted by Crippen LogP contribution is 2.26. The predicted molar refractivity (Wildman–Crippen MR) is 88.3 cm³/mol. The highest BCUT2D eigenvalue weighted by molar-refractivity contribution is 5.34. The number of hydrogen-bond donors (Lipinski definition) is 1. The summed E-state index contributed by atoms with van der Waals surface area (Å²) in [6.07, 6.45) is 0. The first kappa shape index (κ1) is 14.3. The Morgan fingerprint density at radius 3 is 2.33 bits per heavy atom. The van der Waals surface area contributed by atoms with Gasteiger partial charge in [-0.15, -0.1) is 0 Å². The fourth-order valence-corrected chi connectivity index (χ4v) is 3.27. The van der Waals surface area contributed by atoms with E-state index in [1.165, 1.54) is 27.8 Å². The van der Waals surface area contributed by atoms with E-state index in [0.29, 0.717) is 6.04 Å². The van der Waals surface area contributed by atoms with E-state index in [1.54, 1.807) is 0 Å². The van der Waals surface area contributed by atoms with Crippen LogP contribution in [0.5, 0.6) is 0 Å². The Balaban J connectivity index is 1.76. The van der Waals surface area contributed by atoms with E-state index in [1.807, 2.05) is 0 Å². The van der Waals surface area contributed by atoms with E-state index < -0.39 is 0 Å². The van der Waals surface area contributed by atoms with E-state index in [4.69, 9.17) is 0 Å². The van der Waals surface area contributed by atoms with Gasteiger partial charge in [-0.05, 0) is 43.1 Å². The summed E-state index contributed by atoms with van der Waals surface area (Å²) < 4.78 is 0. The van der Waals surface area contributed by atoms with Gasteiger partial charge in [0.2, 0.25) is 0 Å².